The molecule has 2 aromatic rings. The van der Waals surface area contributed by atoms with Gasteiger partial charge in [0.2, 0.25) is 5.95 Å². The van der Waals surface area contributed by atoms with Crippen LogP contribution in [0.4, 0.5) is 11.8 Å². The smallest absolute Gasteiger partial charge is 0.222 e. The largest absolute Gasteiger partial charge is 0.368 e. The van der Waals surface area contributed by atoms with E-state index < -0.39 is 0 Å². The number of fused-ring (bicyclic) bond motifs is 3. The Balaban J connectivity index is 1.80. The van der Waals surface area contributed by atoms with Gasteiger partial charge >= 0.3 is 0 Å². The van der Waals surface area contributed by atoms with E-state index in [-0.39, 0.29) is 6.04 Å². The van der Waals surface area contributed by atoms with Crippen molar-refractivity contribution in [3.8, 4) is 0 Å². The number of aromatic nitrogens is 2. The van der Waals surface area contributed by atoms with Gasteiger partial charge in [-0.2, -0.15) is 4.98 Å². The first-order chi connectivity index (χ1) is 11.3. The zero-order chi connectivity index (χ0) is 17.1. The normalized spacial score (nSPS) is 24.6. The predicted molar refractivity (Wildman–Crippen MR) is 102 cm³/mol. The van der Waals surface area contributed by atoms with E-state index in [9.17, 15) is 0 Å². The molecule has 1 aliphatic carbocycles. The second-order valence-corrected chi connectivity index (χ2v) is 9.49. The minimum absolute atomic E-state index is 0.232. The maximum Gasteiger partial charge on any atom is 0.222 e. The fraction of sp³-hybridized carbons (Fsp3) is 0.667. The summed E-state index contributed by atoms with van der Waals surface area (Å²) in [6.07, 6.45) is 4.53. The van der Waals surface area contributed by atoms with E-state index in [0.29, 0.717) is 17.3 Å². The zero-order valence-corrected chi connectivity index (χ0v) is 15.6. The number of thiophene rings is 1. The molecule has 0 saturated carbocycles. The van der Waals surface area contributed by atoms with Crippen LogP contribution in [-0.4, -0.2) is 29.1 Å². The summed E-state index contributed by atoms with van der Waals surface area (Å²) in [4.78, 5) is 13.0. The highest BCUT2D eigenvalue weighted by atomic mass is 32.1. The summed E-state index contributed by atoms with van der Waals surface area (Å²) in [6, 6.07) is 0.232. The topological polar surface area (TPSA) is 81.1 Å². The van der Waals surface area contributed by atoms with Crippen LogP contribution in [0.15, 0.2) is 0 Å². The summed E-state index contributed by atoms with van der Waals surface area (Å²) in [5.41, 5.74) is 15.0. The van der Waals surface area contributed by atoms with Gasteiger partial charge in [0.1, 0.15) is 0 Å². The SMILES string of the molecule is CC(C)(C)C1CCc2sc3c(N4CC[C@H](N)C4)nc(N)nc3c2C1. The number of hydrogen-bond acceptors (Lipinski definition) is 6. The quantitative estimate of drug-likeness (QED) is 0.830. The van der Waals surface area contributed by atoms with Crippen LogP contribution in [0.3, 0.4) is 0 Å². The van der Waals surface area contributed by atoms with Crippen LogP contribution >= 0.6 is 11.3 Å². The number of aryl methyl sites for hydroxylation is 1. The number of rotatable bonds is 1. The molecule has 0 amide bonds. The average Bonchev–Trinajstić information content (AvgIpc) is 3.09. The van der Waals surface area contributed by atoms with E-state index in [1.54, 1.807) is 0 Å². The molecule has 130 valence electrons. The van der Waals surface area contributed by atoms with E-state index in [0.717, 1.165) is 43.7 Å². The highest BCUT2D eigenvalue weighted by molar-refractivity contribution is 7.19. The first-order valence-electron chi connectivity index (χ1n) is 8.91. The third-order valence-corrected chi connectivity index (χ3v) is 6.91. The Hall–Kier alpha value is -1.40. The van der Waals surface area contributed by atoms with Gasteiger partial charge in [-0.1, -0.05) is 20.8 Å². The molecule has 0 bridgehead atoms. The third-order valence-electron chi connectivity index (χ3n) is 5.63. The van der Waals surface area contributed by atoms with Gasteiger partial charge in [0, 0.05) is 24.0 Å². The molecule has 0 aromatic carbocycles. The lowest BCUT2D eigenvalue weighted by molar-refractivity contribution is 0.217. The molecule has 24 heavy (non-hydrogen) atoms. The molecule has 2 aromatic heterocycles. The van der Waals surface area contributed by atoms with Crippen molar-refractivity contribution in [2.75, 3.05) is 23.7 Å². The van der Waals surface area contributed by atoms with Gasteiger partial charge in [0.25, 0.3) is 0 Å². The third kappa shape index (κ3) is 2.65. The monoisotopic (exact) mass is 345 g/mol. The Kier molecular flexibility index (Phi) is 3.73. The number of hydrogen-bond donors (Lipinski definition) is 2. The van der Waals surface area contributed by atoms with Crippen LogP contribution in [0.2, 0.25) is 0 Å². The summed E-state index contributed by atoms with van der Waals surface area (Å²) in [6.45, 7) is 8.85. The Labute approximate surface area is 147 Å². The molecule has 1 saturated heterocycles. The van der Waals surface area contributed by atoms with Gasteiger partial charge < -0.3 is 16.4 Å². The average molecular weight is 346 g/mol. The minimum atomic E-state index is 0.232. The van der Waals surface area contributed by atoms with Crippen LogP contribution in [0.1, 0.15) is 44.1 Å². The van der Waals surface area contributed by atoms with Crippen molar-refractivity contribution < 1.29 is 0 Å². The molecule has 1 fully saturated rings. The summed E-state index contributed by atoms with van der Waals surface area (Å²) < 4.78 is 1.21. The van der Waals surface area contributed by atoms with Crippen LogP contribution in [-0.2, 0) is 12.8 Å². The number of nitrogens with zero attached hydrogens (tertiary/aromatic N) is 3. The number of nitrogen functional groups attached to an aromatic ring is 1. The molecule has 1 aliphatic heterocycles. The van der Waals surface area contributed by atoms with Crippen molar-refractivity contribution in [3.63, 3.8) is 0 Å². The second-order valence-electron chi connectivity index (χ2n) is 8.39. The number of anilines is 2. The van der Waals surface area contributed by atoms with E-state index in [4.69, 9.17) is 11.5 Å². The van der Waals surface area contributed by atoms with Crippen molar-refractivity contribution >= 4 is 33.3 Å². The van der Waals surface area contributed by atoms with Crippen molar-refractivity contribution in [3.05, 3.63) is 10.4 Å². The molecule has 1 unspecified atom stereocenters. The zero-order valence-electron chi connectivity index (χ0n) is 14.8. The van der Waals surface area contributed by atoms with Crippen LogP contribution < -0.4 is 16.4 Å². The van der Waals surface area contributed by atoms with Gasteiger partial charge in [-0.3, -0.25) is 0 Å². The molecule has 4 N–H and O–H groups in total. The highest BCUT2D eigenvalue weighted by Crippen LogP contribution is 2.45. The maximum absolute atomic E-state index is 6.10. The van der Waals surface area contributed by atoms with Gasteiger partial charge in [-0.25, -0.2) is 4.98 Å². The fourth-order valence-electron chi connectivity index (χ4n) is 4.07. The molecular weight excluding hydrogens is 318 g/mol. The van der Waals surface area contributed by atoms with Gasteiger partial charge in [-0.15, -0.1) is 11.3 Å². The second kappa shape index (κ2) is 5.56. The fourth-order valence-corrected chi connectivity index (χ4v) is 5.37. The predicted octanol–water partition coefficient (Wildman–Crippen LogP) is 2.96. The lowest BCUT2D eigenvalue weighted by Gasteiger charge is -2.33. The first-order valence-corrected chi connectivity index (χ1v) is 9.73. The molecule has 6 heteroatoms. The molecule has 0 spiro atoms. The summed E-state index contributed by atoms with van der Waals surface area (Å²) in [7, 11) is 0. The molecule has 3 heterocycles. The molecule has 2 aliphatic rings. The van der Waals surface area contributed by atoms with E-state index in [1.165, 1.54) is 21.6 Å². The van der Waals surface area contributed by atoms with Crippen molar-refractivity contribution in [1.29, 1.82) is 0 Å². The minimum Gasteiger partial charge on any atom is -0.368 e. The van der Waals surface area contributed by atoms with E-state index in [1.807, 2.05) is 11.3 Å². The maximum atomic E-state index is 6.10. The lowest BCUT2D eigenvalue weighted by Crippen LogP contribution is -2.27. The molecular formula is C18H27N5S. The van der Waals surface area contributed by atoms with Crippen molar-refractivity contribution in [1.82, 2.24) is 9.97 Å². The molecule has 0 radical (unpaired) electrons. The number of nitrogens with two attached hydrogens (primary N) is 2. The Morgan fingerprint density at radius 1 is 1.21 bits per heavy atom. The first kappa shape index (κ1) is 16.1. The van der Waals surface area contributed by atoms with Gasteiger partial charge in [0.05, 0.1) is 10.2 Å². The molecule has 2 atom stereocenters. The van der Waals surface area contributed by atoms with Gasteiger partial charge in [0.15, 0.2) is 5.82 Å². The molecule has 4 rings (SSSR count). The van der Waals surface area contributed by atoms with Gasteiger partial charge in [-0.05, 0) is 42.6 Å². The standard InChI is InChI=1S/C18H27N5S/c1-18(2,3)10-4-5-13-12(8-10)14-15(24-13)16(22-17(20)21-14)23-7-6-11(19)9-23/h10-11H,4-9,19H2,1-3H3,(H2,20,21,22)/t10?,11-/m0/s1. The summed E-state index contributed by atoms with van der Waals surface area (Å²) >= 11 is 1.87. The van der Waals surface area contributed by atoms with E-state index >= 15 is 0 Å². The van der Waals surface area contributed by atoms with Crippen LogP contribution in [0.25, 0.3) is 10.2 Å². The Bertz CT molecular complexity index is 776. The van der Waals surface area contributed by atoms with E-state index in [2.05, 4.69) is 35.6 Å². The van der Waals surface area contributed by atoms with Crippen molar-refractivity contribution in [2.24, 2.45) is 17.1 Å². The highest BCUT2D eigenvalue weighted by Gasteiger charge is 2.33. The Morgan fingerprint density at radius 2 is 2.00 bits per heavy atom. The van der Waals surface area contributed by atoms with Crippen molar-refractivity contribution in [2.45, 2.75) is 52.5 Å². The Morgan fingerprint density at radius 3 is 2.67 bits per heavy atom. The summed E-state index contributed by atoms with van der Waals surface area (Å²) in [5.74, 6) is 2.08. The van der Waals surface area contributed by atoms with Crippen LogP contribution in [0, 0.1) is 11.3 Å². The summed E-state index contributed by atoms with van der Waals surface area (Å²) in [5, 5.41) is 0. The lowest BCUT2D eigenvalue weighted by atomic mass is 9.72. The van der Waals surface area contributed by atoms with Crippen LogP contribution in [0.5, 0.6) is 0 Å². The molecule has 5 nitrogen and oxygen atoms in total.